The summed E-state index contributed by atoms with van der Waals surface area (Å²) in [5.74, 6) is 0.351. The van der Waals surface area contributed by atoms with Crippen molar-refractivity contribution in [3.05, 3.63) is 23.8 Å². The Morgan fingerprint density at radius 3 is 2.54 bits per heavy atom. The zero-order valence-corrected chi connectivity index (χ0v) is 15.9. The van der Waals surface area contributed by atoms with E-state index >= 15 is 0 Å². The summed E-state index contributed by atoms with van der Waals surface area (Å²) >= 11 is 0. The molecule has 1 aliphatic heterocycles. The van der Waals surface area contributed by atoms with Gasteiger partial charge >= 0.3 is 0 Å². The van der Waals surface area contributed by atoms with Crippen molar-refractivity contribution in [3.8, 4) is 11.5 Å². The van der Waals surface area contributed by atoms with Crippen LogP contribution >= 0.6 is 13.5 Å². The highest BCUT2D eigenvalue weighted by Crippen LogP contribution is 2.33. The summed E-state index contributed by atoms with van der Waals surface area (Å²) in [6.07, 6.45) is 5.73. The van der Waals surface area contributed by atoms with Gasteiger partial charge in [0.25, 0.3) is 11.8 Å². The Labute approximate surface area is 160 Å². The van der Waals surface area contributed by atoms with E-state index in [4.69, 9.17) is 14.7 Å². The van der Waals surface area contributed by atoms with Crippen molar-refractivity contribution < 1.29 is 24.3 Å². The summed E-state index contributed by atoms with van der Waals surface area (Å²) in [5, 5.41) is 8.86. The average Bonchev–Trinajstić information content (AvgIpc) is 3.32. The number of hydroxylamine groups is 1. The van der Waals surface area contributed by atoms with Crippen molar-refractivity contribution in [3.63, 3.8) is 0 Å². The molecule has 0 radical (unpaired) electrons. The first-order valence-corrected chi connectivity index (χ1v) is 8.73. The Balaban J connectivity index is 0.00000243. The van der Waals surface area contributed by atoms with Crippen LogP contribution < -0.4 is 15.0 Å². The van der Waals surface area contributed by atoms with Crippen LogP contribution in [-0.4, -0.2) is 47.7 Å². The van der Waals surface area contributed by atoms with E-state index in [1.807, 2.05) is 0 Å². The summed E-state index contributed by atoms with van der Waals surface area (Å²) in [4.78, 5) is 26.1. The standard InChI is InChI=1S/C18H24N2O5.H2S/c1-24-15-9-8-12(11-16(15)25-13-5-2-3-6-13)18(22)20-10-4-7-14(20)17(21)19-23;/h8-9,11,13-14,23H,2-7,10H2,1H3,(H,19,21);1H2. The first kappa shape index (κ1) is 20.4. The zero-order valence-electron chi connectivity index (χ0n) is 14.9. The van der Waals surface area contributed by atoms with E-state index in [1.165, 1.54) is 4.90 Å². The second kappa shape index (κ2) is 9.14. The zero-order chi connectivity index (χ0) is 17.8. The van der Waals surface area contributed by atoms with Gasteiger partial charge in [-0.1, -0.05) is 0 Å². The number of carbonyl (C=O) groups excluding carboxylic acids is 2. The highest BCUT2D eigenvalue weighted by Gasteiger charge is 2.34. The molecule has 2 aliphatic rings. The van der Waals surface area contributed by atoms with Crippen LogP contribution in [0.1, 0.15) is 48.9 Å². The Bertz CT molecular complexity index is 648. The number of benzene rings is 1. The first-order valence-electron chi connectivity index (χ1n) is 8.73. The van der Waals surface area contributed by atoms with E-state index < -0.39 is 11.9 Å². The highest BCUT2D eigenvalue weighted by atomic mass is 32.1. The summed E-state index contributed by atoms with van der Waals surface area (Å²) in [6.45, 7) is 0.488. The molecule has 0 spiro atoms. The SMILES string of the molecule is COc1ccc(C(=O)N2CCCC2C(=O)NO)cc1OC1CCCC1.S. The summed E-state index contributed by atoms with van der Waals surface area (Å²) in [6, 6.07) is 4.44. The minimum atomic E-state index is -0.640. The molecule has 26 heavy (non-hydrogen) atoms. The number of carbonyl (C=O) groups is 2. The molecule has 2 N–H and O–H groups in total. The van der Waals surface area contributed by atoms with E-state index in [0.29, 0.717) is 30.0 Å². The Kier molecular flexibility index (Phi) is 7.16. The van der Waals surface area contributed by atoms with Crippen molar-refractivity contribution in [2.45, 2.75) is 50.7 Å². The van der Waals surface area contributed by atoms with Gasteiger partial charge in [-0.2, -0.15) is 13.5 Å². The molecule has 2 amide bonds. The van der Waals surface area contributed by atoms with Crippen molar-refractivity contribution >= 4 is 25.3 Å². The molecule has 1 saturated heterocycles. The summed E-state index contributed by atoms with van der Waals surface area (Å²) in [7, 11) is 1.57. The van der Waals surface area contributed by atoms with Crippen LogP contribution in [0.25, 0.3) is 0 Å². The van der Waals surface area contributed by atoms with Crippen LogP contribution in [0.2, 0.25) is 0 Å². The summed E-state index contributed by atoms with van der Waals surface area (Å²) < 4.78 is 11.4. The number of ether oxygens (including phenoxy) is 2. The molecule has 1 unspecified atom stereocenters. The fourth-order valence-corrected chi connectivity index (χ4v) is 3.61. The molecule has 1 aliphatic carbocycles. The third-order valence-corrected chi connectivity index (χ3v) is 4.93. The number of likely N-dealkylation sites (tertiary alicyclic amines) is 1. The number of nitrogens with one attached hydrogen (secondary N) is 1. The first-order chi connectivity index (χ1) is 12.1. The molecule has 1 atom stereocenters. The lowest BCUT2D eigenvalue weighted by Gasteiger charge is -2.23. The van der Waals surface area contributed by atoms with Gasteiger partial charge in [-0.25, -0.2) is 5.48 Å². The van der Waals surface area contributed by atoms with Crippen molar-refractivity contribution in [2.24, 2.45) is 0 Å². The molecule has 3 rings (SSSR count). The third-order valence-electron chi connectivity index (χ3n) is 4.93. The van der Waals surface area contributed by atoms with Gasteiger partial charge in [-0.3, -0.25) is 14.8 Å². The van der Waals surface area contributed by atoms with Crippen LogP contribution in [0.5, 0.6) is 11.5 Å². The number of rotatable bonds is 5. The third kappa shape index (κ3) is 4.24. The molecule has 2 fully saturated rings. The van der Waals surface area contributed by atoms with E-state index in [0.717, 1.165) is 32.1 Å². The van der Waals surface area contributed by atoms with E-state index in [2.05, 4.69) is 0 Å². The van der Waals surface area contributed by atoms with Crippen molar-refractivity contribution in [2.75, 3.05) is 13.7 Å². The molecule has 1 aromatic rings. The van der Waals surface area contributed by atoms with E-state index in [1.54, 1.807) is 30.8 Å². The number of hydrogen-bond donors (Lipinski definition) is 2. The second-order valence-corrected chi connectivity index (χ2v) is 6.52. The maximum absolute atomic E-state index is 12.8. The summed E-state index contributed by atoms with van der Waals surface area (Å²) in [5.41, 5.74) is 2.09. The predicted octanol–water partition coefficient (Wildman–Crippen LogP) is 2.24. The lowest BCUT2D eigenvalue weighted by Crippen LogP contribution is -2.45. The van der Waals surface area contributed by atoms with Crippen LogP contribution in [-0.2, 0) is 4.79 Å². The lowest BCUT2D eigenvalue weighted by atomic mass is 10.1. The van der Waals surface area contributed by atoms with Crippen molar-refractivity contribution in [1.29, 1.82) is 0 Å². The largest absolute Gasteiger partial charge is 0.493 e. The molecule has 1 aromatic carbocycles. The second-order valence-electron chi connectivity index (χ2n) is 6.52. The average molecular weight is 382 g/mol. The number of methoxy groups -OCH3 is 1. The fourth-order valence-electron chi connectivity index (χ4n) is 3.61. The smallest absolute Gasteiger partial charge is 0.266 e. The molecule has 7 nitrogen and oxygen atoms in total. The minimum absolute atomic E-state index is 0. The number of nitrogens with zero attached hydrogens (tertiary/aromatic N) is 1. The number of hydrogen-bond acceptors (Lipinski definition) is 5. The van der Waals surface area contributed by atoms with Crippen LogP contribution in [0.4, 0.5) is 0 Å². The van der Waals surface area contributed by atoms with Crippen molar-refractivity contribution in [1.82, 2.24) is 10.4 Å². The number of amides is 2. The molecule has 1 saturated carbocycles. The molecule has 8 heteroatoms. The van der Waals surface area contributed by atoms with Gasteiger partial charge in [0.1, 0.15) is 6.04 Å². The van der Waals surface area contributed by atoms with Gasteiger partial charge < -0.3 is 14.4 Å². The molecule has 0 aromatic heterocycles. The van der Waals surface area contributed by atoms with E-state index in [9.17, 15) is 9.59 Å². The maximum Gasteiger partial charge on any atom is 0.266 e. The molecule has 0 bridgehead atoms. The van der Waals surface area contributed by atoms with E-state index in [-0.39, 0.29) is 25.5 Å². The fraction of sp³-hybridized carbons (Fsp3) is 0.556. The van der Waals surface area contributed by atoms with Crippen LogP contribution in [0.3, 0.4) is 0 Å². The maximum atomic E-state index is 12.8. The topological polar surface area (TPSA) is 88.1 Å². The minimum Gasteiger partial charge on any atom is -0.493 e. The quantitative estimate of drug-likeness (QED) is 0.602. The Morgan fingerprint density at radius 2 is 1.88 bits per heavy atom. The predicted molar refractivity (Wildman–Crippen MR) is 100 cm³/mol. The Hall–Kier alpha value is -1.93. The van der Waals surface area contributed by atoms with Gasteiger partial charge in [-0.05, 0) is 56.7 Å². The van der Waals surface area contributed by atoms with Gasteiger partial charge in [-0.15, -0.1) is 0 Å². The lowest BCUT2D eigenvalue weighted by molar-refractivity contribution is -0.133. The monoisotopic (exact) mass is 382 g/mol. The van der Waals surface area contributed by atoms with Gasteiger partial charge in [0, 0.05) is 12.1 Å². The van der Waals surface area contributed by atoms with Crippen LogP contribution in [0, 0.1) is 0 Å². The van der Waals surface area contributed by atoms with Gasteiger partial charge in [0.15, 0.2) is 11.5 Å². The Morgan fingerprint density at radius 1 is 1.15 bits per heavy atom. The van der Waals surface area contributed by atoms with Crippen LogP contribution in [0.15, 0.2) is 18.2 Å². The highest BCUT2D eigenvalue weighted by molar-refractivity contribution is 7.59. The molecular formula is C18H26N2O5S. The molecular weight excluding hydrogens is 356 g/mol. The van der Waals surface area contributed by atoms with Gasteiger partial charge in [0.05, 0.1) is 13.2 Å². The normalized spacial score (nSPS) is 19.8. The molecule has 1 heterocycles. The molecule has 144 valence electrons. The van der Waals surface area contributed by atoms with Gasteiger partial charge in [0.2, 0.25) is 0 Å².